The van der Waals surface area contributed by atoms with Crippen LogP contribution in [0.15, 0.2) is 24.3 Å². The molecule has 0 radical (unpaired) electrons. The number of hydrogen-bond donors (Lipinski definition) is 2. The van der Waals surface area contributed by atoms with Crippen molar-refractivity contribution in [3.05, 3.63) is 29.8 Å². The molecule has 22 heavy (non-hydrogen) atoms. The van der Waals surface area contributed by atoms with Crippen molar-refractivity contribution >= 4 is 18.3 Å². The number of nitrogens with two attached hydrogens (primary N) is 1. The van der Waals surface area contributed by atoms with Gasteiger partial charge in [0.05, 0.1) is 6.54 Å². The third-order valence-electron chi connectivity index (χ3n) is 3.24. The van der Waals surface area contributed by atoms with Crippen LogP contribution in [0.25, 0.3) is 0 Å². The van der Waals surface area contributed by atoms with E-state index < -0.39 is 0 Å². The minimum absolute atomic E-state index is 0. The molecule has 1 amide bonds. The highest BCUT2D eigenvalue weighted by Gasteiger charge is 2.12. The summed E-state index contributed by atoms with van der Waals surface area (Å²) < 4.78 is 5.61. The molecule has 4 nitrogen and oxygen atoms in total. The Morgan fingerprint density at radius 3 is 2.36 bits per heavy atom. The number of amides is 1. The lowest BCUT2D eigenvalue weighted by molar-refractivity contribution is -0.121. The molecular formula is C17H29ClN2O2. The molecule has 0 saturated carbocycles. The predicted octanol–water partition coefficient (Wildman–Crippen LogP) is 3.03. The van der Waals surface area contributed by atoms with E-state index in [1.165, 1.54) is 5.56 Å². The first kappa shape index (κ1) is 20.7. The van der Waals surface area contributed by atoms with Gasteiger partial charge < -0.3 is 15.8 Å². The van der Waals surface area contributed by atoms with Gasteiger partial charge in [0.2, 0.25) is 5.91 Å². The fourth-order valence-corrected chi connectivity index (χ4v) is 1.86. The zero-order valence-corrected chi connectivity index (χ0v) is 14.8. The summed E-state index contributed by atoms with van der Waals surface area (Å²) in [4.78, 5) is 11.5. The van der Waals surface area contributed by atoms with E-state index in [0.717, 1.165) is 5.75 Å². The van der Waals surface area contributed by atoms with Crippen molar-refractivity contribution in [2.45, 2.75) is 52.0 Å². The number of benzene rings is 1. The van der Waals surface area contributed by atoms with Crippen LogP contribution in [0.5, 0.6) is 5.75 Å². The zero-order chi connectivity index (χ0) is 15.9. The standard InChI is InChI=1S/C17H28N2O2.ClH/c1-13(18)5-10-16(20)19-11-12-21-15-8-6-14(7-9-15)17(2,3)4;/h6-9,13H,5,10-12,18H2,1-4H3,(H,19,20);1H. The Bertz CT molecular complexity index is 439. The number of carbonyl (C=O) groups excluding carboxylic acids is 1. The lowest BCUT2D eigenvalue weighted by Gasteiger charge is -2.19. The molecule has 0 aliphatic carbocycles. The molecule has 1 aromatic rings. The van der Waals surface area contributed by atoms with Gasteiger partial charge in [0, 0.05) is 12.5 Å². The molecule has 1 rings (SSSR count). The number of hydrogen-bond acceptors (Lipinski definition) is 3. The summed E-state index contributed by atoms with van der Waals surface area (Å²) in [6, 6.07) is 8.16. The number of halogens is 1. The zero-order valence-electron chi connectivity index (χ0n) is 14.0. The predicted molar refractivity (Wildman–Crippen MR) is 93.8 cm³/mol. The van der Waals surface area contributed by atoms with E-state index in [0.29, 0.717) is 26.0 Å². The summed E-state index contributed by atoms with van der Waals surface area (Å²) >= 11 is 0. The summed E-state index contributed by atoms with van der Waals surface area (Å²) in [5, 5.41) is 2.82. The Morgan fingerprint density at radius 2 is 1.86 bits per heavy atom. The van der Waals surface area contributed by atoms with Gasteiger partial charge in [0.25, 0.3) is 0 Å². The molecule has 0 spiro atoms. The van der Waals surface area contributed by atoms with Crippen molar-refractivity contribution in [3.8, 4) is 5.75 Å². The van der Waals surface area contributed by atoms with Gasteiger partial charge >= 0.3 is 0 Å². The van der Waals surface area contributed by atoms with Gasteiger partial charge in [-0.2, -0.15) is 0 Å². The Kier molecular flexibility index (Phi) is 9.14. The van der Waals surface area contributed by atoms with E-state index >= 15 is 0 Å². The third kappa shape index (κ3) is 8.25. The molecular weight excluding hydrogens is 300 g/mol. The minimum atomic E-state index is 0. The highest BCUT2D eigenvalue weighted by atomic mass is 35.5. The van der Waals surface area contributed by atoms with Gasteiger partial charge in [-0.25, -0.2) is 0 Å². The lowest BCUT2D eigenvalue weighted by Crippen LogP contribution is -2.29. The summed E-state index contributed by atoms with van der Waals surface area (Å²) in [7, 11) is 0. The van der Waals surface area contributed by atoms with Crippen LogP contribution in [-0.4, -0.2) is 25.1 Å². The van der Waals surface area contributed by atoms with Crippen molar-refractivity contribution in [1.82, 2.24) is 5.32 Å². The van der Waals surface area contributed by atoms with E-state index in [1.807, 2.05) is 19.1 Å². The van der Waals surface area contributed by atoms with Crippen LogP contribution in [0.3, 0.4) is 0 Å². The van der Waals surface area contributed by atoms with Crippen molar-refractivity contribution in [1.29, 1.82) is 0 Å². The second-order valence-corrected chi connectivity index (χ2v) is 6.49. The lowest BCUT2D eigenvalue weighted by atomic mass is 9.87. The van der Waals surface area contributed by atoms with Gasteiger partial charge in [-0.15, -0.1) is 12.4 Å². The summed E-state index contributed by atoms with van der Waals surface area (Å²) in [6.45, 7) is 9.43. The van der Waals surface area contributed by atoms with Crippen molar-refractivity contribution < 1.29 is 9.53 Å². The normalized spacial score (nSPS) is 12.2. The number of carbonyl (C=O) groups is 1. The maximum Gasteiger partial charge on any atom is 0.220 e. The Hall–Kier alpha value is -1.26. The van der Waals surface area contributed by atoms with E-state index in [-0.39, 0.29) is 29.8 Å². The summed E-state index contributed by atoms with van der Waals surface area (Å²) in [6.07, 6.45) is 1.18. The van der Waals surface area contributed by atoms with E-state index in [4.69, 9.17) is 10.5 Å². The molecule has 1 atom stereocenters. The Morgan fingerprint density at radius 1 is 1.27 bits per heavy atom. The molecule has 0 bridgehead atoms. The Balaban J connectivity index is 0.00000441. The van der Waals surface area contributed by atoms with E-state index in [2.05, 4.69) is 38.2 Å². The maximum absolute atomic E-state index is 11.5. The second kappa shape index (κ2) is 9.70. The van der Waals surface area contributed by atoms with E-state index in [9.17, 15) is 4.79 Å². The molecule has 0 aliphatic rings. The monoisotopic (exact) mass is 328 g/mol. The van der Waals surface area contributed by atoms with Crippen LogP contribution < -0.4 is 15.8 Å². The molecule has 3 N–H and O–H groups in total. The van der Waals surface area contributed by atoms with Crippen molar-refractivity contribution in [2.75, 3.05) is 13.2 Å². The molecule has 126 valence electrons. The van der Waals surface area contributed by atoms with Crippen LogP contribution >= 0.6 is 12.4 Å². The van der Waals surface area contributed by atoms with Crippen LogP contribution in [0.2, 0.25) is 0 Å². The fraction of sp³-hybridized carbons (Fsp3) is 0.588. The molecule has 1 aromatic carbocycles. The first-order valence-corrected chi connectivity index (χ1v) is 7.54. The largest absolute Gasteiger partial charge is 0.492 e. The minimum Gasteiger partial charge on any atom is -0.492 e. The van der Waals surface area contributed by atoms with Crippen LogP contribution in [0, 0.1) is 0 Å². The van der Waals surface area contributed by atoms with Crippen molar-refractivity contribution in [2.24, 2.45) is 5.73 Å². The highest BCUT2D eigenvalue weighted by Crippen LogP contribution is 2.24. The molecule has 5 heteroatoms. The molecule has 1 unspecified atom stereocenters. The van der Waals surface area contributed by atoms with Gasteiger partial charge in [-0.3, -0.25) is 4.79 Å². The first-order chi connectivity index (χ1) is 9.79. The smallest absolute Gasteiger partial charge is 0.220 e. The van der Waals surface area contributed by atoms with Gasteiger partial charge in [0.1, 0.15) is 12.4 Å². The topological polar surface area (TPSA) is 64.4 Å². The van der Waals surface area contributed by atoms with Gasteiger partial charge in [-0.1, -0.05) is 32.9 Å². The van der Waals surface area contributed by atoms with Gasteiger partial charge in [0.15, 0.2) is 0 Å². The van der Waals surface area contributed by atoms with Crippen molar-refractivity contribution in [3.63, 3.8) is 0 Å². The average Bonchev–Trinajstić information content (AvgIpc) is 2.41. The summed E-state index contributed by atoms with van der Waals surface area (Å²) in [5.74, 6) is 0.854. The van der Waals surface area contributed by atoms with E-state index in [1.54, 1.807) is 0 Å². The SMILES string of the molecule is CC(N)CCC(=O)NCCOc1ccc(C(C)(C)C)cc1.Cl. The molecule has 0 aromatic heterocycles. The average molecular weight is 329 g/mol. The number of rotatable bonds is 7. The quantitative estimate of drug-likeness (QED) is 0.756. The van der Waals surface area contributed by atoms with Gasteiger partial charge in [-0.05, 0) is 36.5 Å². The molecule has 0 aliphatic heterocycles. The second-order valence-electron chi connectivity index (χ2n) is 6.49. The first-order valence-electron chi connectivity index (χ1n) is 7.54. The fourth-order valence-electron chi connectivity index (χ4n) is 1.86. The molecule has 0 fully saturated rings. The molecule has 0 saturated heterocycles. The summed E-state index contributed by atoms with van der Waals surface area (Å²) in [5.41, 5.74) is 7.03. The number of ether oxygens (including phenoxy) is 1. The highest BCUT2D eigenvalue weighted by molar-refractivity contribution is 5.85. The van der Waals surface area contributed by atoms with Crippen LogP contribution in [-0.2, 0) is 10.2 Å². The number of nitrogens with one attached hydrogen (secondary N) is 1. The Labute approximate surface area is 140 Å². The third-order valence-corrected chi connectivity index (χ3v) is 3.24. The van der Waals surface area contributed by atoms with Crippen LogP contribution in [0.1, 0.15) is 46.1 Å². The maximum atomic E-state index is 11.5. The molecule has 0 heterocycles. The van der Waals surface area contributed by atoms with Crippen LogP contribution in [0.4, 0.5) is 0 Å².